The summed E-state index contributed by atoms with van der Waals surface area (Å²) in [7, 11) is 0. The molecule has 3 nitrogen and oxygen atoms in total. The Morgan fingerprint density at radius 1 is 1.50 bits per heavy atom. The number of carboxylic acid groups (broad SMARTS) is 1. The largest absolute Gasteiger partial charge is 0.481 e. The molecule has 0 aliphatic heterocycles. The zero-order valence-corrected chi connectivity index (χ0v) is 11.3. The van der Waals surface area contributed by atoms with E-state index >= 15 is 0 Å². The average Bonchev–Trinajstić information content (AvgIpc) is 2.45. The van der Waals surface area contributed by atoms with Gasteiger partial charge in [0.25, 0.3) is 0 Å². The van der Waals surface area contributed by atoms with Crippen LogP contribution in [-0.4, -0.2) is 16.1 Å². The molecule has 0 amide bonds. The first-order chi connectivity index (χ1) is 7.25. The van der Waals surface area contributed by atoms with Gasteiger partial charge >= 0.3 is 5.97 Å². The number of aromatic nitrogens is 1. The number of hydrogen-bond acceptors (Lipinski definition) is 3. The Bertz CT molecular complexity index is 394. The van der Waals surface area contributed by atoms with E-state index in [1.54, 1.807) is 25.2 Å². The molecule has 0 spiro atoms. The van der Waals surface area contributed by atoms with Gasteiger partial charge in [-0.15, -0.1) is 11.3 Å². The van der Waals surface area contributed by atoms with Crippen molar-refractivity contribution < 1.29 is 9.90 Å². The second kappa shape index (κ2) is 4.53. The third kappa shape index (κ3) is 2.61. The first-order valence-electron chi connectivity index (χ1n) is 5.45. The van der Waals surface area contributed by atoms with E-state index in [2.05, 4.69) is 18.8 Å². The van der Waals surface area contributed by atoms with Crippen molar-refractivity contribution in [3.63, 3.8) is 0 Å². The zero-order valence-electron chi connectivity index (χ0n) is 10.5. The minimum atomic E-state index is -0.893. The summed E-state index contributed by atoms with van der Waals surface area (Å²) in [5, 5.41) is 10.2. The molecule has 16 heavy (non-hydrogen) atoms. The molecule has 90 valence electrons. The van der Waals surface area contributed by atoms with Gasteiger partial charge in [-0.25, -0.2) is 4.98 Å². The Kier molecular flexibility index (Phi) is 3.73. The highest BCUT2D eigenvalue weighted by atomic mass is 32.1. The van der Waals surface area contributed by atoms with Crippen LogP contribution in [0.4, 0.5) is 0 Å². The number of aliphatic carboxylic acids is 1. The van der Waals surface area contributed by atoms with E-state index in [0.29, 0.717) is 11.6 Å². The SMILES string of the molecule is Cc1sc(CC(C)C)nc1C(C)(C)C(=O)O. The molecule has 1 aromatic rings. The van der Waals surface area contributed by atoms with Gasteiger partial charge < -0.3 is 5.11 Å². The molecule has 0 unspecified atom stereocenters. The van der Waals surface area contributed by atoms with Crippen LogP contribution in [0.5, 0.6) is 0 Å². The van der Waals surface area contributed by atoms with Crippen LogP contribution in [0, 0.1) is 12.8 Å². The van der Waals surface area contributed by atoms with E-state index in [1.807, 2.05) is 6.92 Å². The average molecular weight is 241 g/mol. The summed E-state index contributed by atoms with van der Waals surface area (Å²) in [5.41, 5.74) is -0.184. The third-order valence-electron chi connectivity index (χ3n) is 2.55. The van der Waals surface area contributed by atoms with Crippen LogP contribution in [0.15, 0.2) is 0 Å². The molecule has 0 radical (unpaired) electrons. The van der Waals surface area contributed by atoms with E-state index in [9.17, 15) is 9.90 Å². The standard InChI is InChI=1S/C12H19NO2S/c1-7(2)6-9-13-10(8(3)16-9)12(4,5)11(14)15/h7H,6H2,1-5H3,(H,14,15). The monoisotopic (exact) mass is 241 g/mol. The summed E-state index contributed by atoms with van der Waals surface area (Å²) in [6.45, 7) is 9.63. The summed E-state index contributed by atoms with van der Waals surface area (Å²) < 4.78 is 0. The van der Waals surface area contributed by atoms with Crippen molar-refractivity contribution in [1.82, 2.24) is 4.98 Å². The lowest BCUT2D eigenvalue weighted by Crippen LogP contribution is -2.29. The topological polar surface area (TPSA) is 50.2 Å². The molecule has 0 saturated heterocycles. The smallest absolute Gasteiger partial charge is 0.315 e. The highest BCUT2D eigenvalue weighted by Crippen LogP contribution is 2.30. The lowest BCUT2D eigenvalue weighted by Gasteiger charge is -2.17. The van der Waals surface area contributed by atoms with Crippen molar-refractivity contribution in [1.29, 1.82) is 0 Å². The Morgan fingerprint density at radius 3 is 2.50 bits per heavy atom. The number of carbonyl (C=O) groups is 1. The van der Waals surface area contributed by atoms with Crippen LogP contribution in [0.3, 0.4) is 0 Å². The van der Waals surface area contributed by atoms with E-state index in [4.69, 9.17) is 0 Å². The van der Waals surface area contributed by atoms with Crippen LogP contribution in [0.2, 0.25) is 0 Å². The third-order valence-corrected chi connectivity index (χ3v) is 3.54. The van der Waals surface area contributed by atoms with Gasteiger partial charge in [-0.05, 0) is 26.7 Å². The van der Waals surface area contributed by atoms with Crippen LogP contribution in [0.1, 0.15) is 43.3 Å². The van der Waals surface area contributed by atoms with Crippen molar-refractivity contribution >= 4 is 17.3 Å². The number of aryl methyl sites for hydroxylation is 1. The second-order valence-corrected chi connectivity index (χ2v) is 6.33. The highest BCUT2D eigenvalue weighted by molar-refractivity contribution is 7.11. The summed E-state index contributed by atoms with van der Waals surface area (Å²) in [4.78, 5) is 16.7. The van der Waals surface area contributed by atoms with Gasteiger partial charge in [0.1, 0.15) is 5.41 Å². The number of rotatable bonds is 4. The molecule has 0 bridgehead atoms. The van der Waals surface area contributed by atoms with E-state index in [0.717, 1.165) is 16.3 Å². The molecular weight excluding hydrogens is 222 g/mol. The van der Waals surface area contributed by atoms with Crippen molar-refractivity contribution in [3.05, 3.63) is 15.6 Å². The molecule has 1 N–H and O–H groups in total. The molecule has 4 heteroatoms. The second-order valence-electron chi connectivity index (χ2n) is 5.04. The maximum absolute atomic E-state index is 11.2. The molecule has 0 aliphatic carbocycles. The van der Waals surface area contributed by atoms with Crippen LogP contribution >= 0.6 is 11.3 Å². The molecular formula is C12H19NO2S. The van der Waals surface area contributed by atoms with Gasteiger partial charge in [0, 0.05) is 11.3 Å². The van der Waals surface area contributed by atoms with Crippen LogP contribution < -0.4 is 0 Å². The quantitative estimate of drug-likeness (QED) is 0.881. The molecule has 0 aliphatic rings. The molecule has 1 heterocycles. The maximum Gasteiger partial charge on any atom is 0.315 e. The normalized spacial score (nSPS) is 12.1. The number of hydrogen-bond donors (Lipinski definition) is 1. The lowest BCUT2D eigenvalue weighted by atomic mass is 9.89. The van der Waals surface area contributed by atoms with Gasteiger partial charge in [0.05, 0.1) is 10.7 Å². The van der Waals surface area contributed by atoms with Gasteiger partial charge in [0.15, 0.2) is 0 Å². The summed E-state index contributed by atoms with van der Waals surface area (Å²) in [6, 6.07) is 0. The Morgan fingerprint density at radius 2 is 2.06 bits per heavy atom. The van der Waals surface area contributed by atoms with Gasteiger partial charge in [-0.2, -0.15) is 0 Å². The predicted octanol–water partition coefficient (Wildman–Crippen LogP) is 3.01. The minimum Gasteiger partial charge on any atom is -0.481 e. The number of carboxylic acids is 1. The molecule has 1 aromatic heterocycles. The number of thiazole rings is 1. The Hall–Kier alpha value is -0.900. The summed E-state index contributed by atoms with van der Waals surface area (Å²) in [6.07, 6.45) is 0.918. The maximum atomic E-state index is 11.2. The van der Waals surface area contributed by atoms with Gasteiger partial charge in [-0.1, -0.05) is 13.8 Å². The molecule has 0 atom stereocenters. The van der Waals surface area contributed by atoms with Crippen LogP contribution in [0.25, 0.3) is 0 Å². The fourth-order valence-electron chi connectivity index (χ4n) is 1.57. The van der Waals surface area contributed by atoms with Gasteiger partial charge in [-0.3, -0.25) is 4.79 Å². The first-order valence-corrected chi connectivity index (χ1v) is 6.27. The molecule has 0 aromatic carbocycles. The molecule has 1 rings (SSSR count). The van der Waals surface area contributed by atoms with Gasteiger partial charge in [0.2, 0.25) is 0 Å². The van der Waals surface area contributed by atoms with Crippen molar-refractivity contribution in [2.24, 2.45) is 5.92 Å². The zero-order chi connectivity index (χ0) is 12.5. The van der Waals surface area contributed by atoms with E-state index in [-0.39, 0.29) is 0 Å². The summed E-state index contributed by atoms with van der Waals surface area (Å²) >= 11 is 1.61. The molecule has 0 fully saturated rings. The fourth-order valence-corrected chi connectivity index (χ4v) is 2.87. The van der Waals surface area contributed by atoms with Crippen molar-refractivity contribution in [2.75, 3.05) is 0 Å². The van der Waals surface area contributed by atoms with E-state index in [1.165, 1.54) is 0 Å². The van der Waals surface area contributed by atoms with E-state index < -0.39 is 11.4 Å². The number of nitrogens with zero attached hydrogens (tertiary/aromatic N) is 1. The fraction of sp³-hybridized carbons (Fsp3) is 0.667. The lowest BCUT2D eigenvalue weighted by molar-refractivity contribution is -0.142. The predicted molar refractivity (Wildman–Crippen MR) is 66.1 cm³/mol. The van der Waals surface area contributed by atoms with Crippen molar-refractivity contribution in [2.45, 2.75) is 46.5 Å². The highest BCUT2D eigenvalue weighted by Gasteiger charge is 2.34. The Labute approximate surface area is 101 Å². The molecule has 0 saturated carbocycles. The minimum absolute atomic E-state index is 0.548. The van der Waals surface area contributed by atoms with Crippen molar-refractivity contribution in [3.8, 4) is 0 Å². The Balaban J connectivity index is 3.07. The first kappa shape index (κ1) is 13.2. The van der Waals surface area contributed by atoms with Crippen LogP contribution in [-0.2, 0) is 16.6 Å². The summed E-state index contributed by atoms with van der Waals surface area (Å²) in [5.74, 6) is -0.275.